The first kappa shape index (κ1) is 31.7. The van der Waals surface area contributed by atoms with Gasteiger partial charge in [0.1, 0.15) is 28.7 Å². The highest BCUT2D eigenvalue weighted by atomic mass is 31.2. The second-order valence-corrected chi connectivity index (χ2v) is 17.1. The van der Waals surface area contributed by atoms with E-state index in [4.69, 9.17) is 36.6 Å². The van der Waals surface area contributed by atoms with Crippen LogP contribution in [0, 0.1) is 0 Å². The Kier molecular flexibility index (Phi) is 9.67. The molecule has 9 nitrogen and oxygen atoms in total. The van der Waals surface area contributed by atoms with Crippen molar-refractivity contribution < 1.29 is 27.5 Å². The fourth-order valence-electron chi connectivity index (χ4n) is 4.56. The molecule has 12 heteroatoms. The third kappa shape index (κ3) is 7.58. The van der Waals surface area contributed by atoms with E-state index in [1.807, 2.05) is 122 Å². The molecule has 46 heavy (non-hydrogen) atoms. The summed E-state index contributed by atoms with van der Waals surface area (Å²) in [6.07, 6.45) is 0. The zero-order valence-electron chi connectivity index (χ0n) is 25.3. The topological polar surface area (TPSA) is 103 Å². The van der Waals surface area contributed by atoms with Gasteiger partial charge in [0.05, 0.1) is 0 Å². The first-order chi connectivity index (χ1) is 22.4. The summed E-state index contributed by atoms with van der Waals surface area (Å²) < 4.78 is 48.3. The smallest absolute Gasteiger partial charge is 0.392 e. The normalized spacial score (nSPS) is 21.5. The van der Waals surface area contributed by atoms with Gasteiger partial charge in [-0.1, -0.05) is 91.0 Å². The lowest BCUT2D eigenvalue weighted by Gasteiger charge is -2.36. The largest absolute Gasteiger partial charge is 0.429 e. The first-order valence-electron chi connectivity index (χ1n) is 14.7. The van der Waals surface area contributed by atoms with Gasteiger partial charge in [-0.05, 0) is 74.5 Å². The second kappa shape index (κ2) is 14.0. The van der Waals surface area contributed by atoms with Crippen molar-refractivity contribution in [2.45, 2.75) is 25.4 Å². The maximum absolute atomic E-state index is 12.5. The molecule has 3 unspecified atom stereocenters. The van der Waals surface area contributed by atoms with Gasteiger partial charge < -0.3 is 27.5 Å². The Morgan fingerprint density at radius 1 is 0.413 bits per heavy atom. The molecule has 5 aromatic carbocycles. The van der Waals surface area contributed by atoms with Crippen molar-refractivity contribution in [2.75, 3.05) is 0 Å². The molecule has 0 saturated carbocycles. The minimum atomic E-state index is -4.08. The summed E-state index contributed by atoms with van der Waals surface area (Å²) in [6.45, 7) is 3.64. The molecule has 0 aromatic heterocycles. The van der Waals surface area contributed by atoms with Gasteiger partial charge in [0, 0.05) is 0 Å². The zero-order chi connectivity index (χ0) is 31.9. The highest BCUT2D eigenvalue weighted by Crippen LogP contribution is 2.71. The van der Waals surface area contributed by atoms with Crippen molar-refractivity contribution in [2.24, 2.45) is 14.0 Å². The maximum Gasteiger partial charge on any atom is 0.392 e. The Morgan fingerprint density at radius 2 is 0.696 bits per heavy atom. The third-order valence-corrected chi connectivity index (χ3v) is 14.8. The number of para-hydroxylation sites is 5. The lowest BCUT2D eigenvalue weighted by molar-refractivity contribution is 0.430. The summed E-state index contributed by atoms with van der Waals surface area (Å²) in [6, 6.07) is 45.9. The fraction of sp³-hybridized carbons (Fsp3) is 0.118. The van der Waals surface area contributed by atoms with Gasteiger partial charge in [-0.3, -0.25) is 0 Å². The summed E-state index contributed by atoms with van der Waals surface area (Å²) in [5.74, 6) is 0.769. The minimum Gasteiger partial charge on any atom is -0.429 e. The van der Waals surface area contributed by atoms with Gasteiger partial charge in [-0.2, -0.15) is 0 Å². The van der Waals surface area contributed by atoms with E-state index in [2.05, 4.69) is 0 Å². The van der Waals surface area contributed by atoms with Gasteiger partial charge in [-0.15, -0.1) is 4.52 Å². The predicted octanol–water partition coefficient (Wildman–Crippen LogP) is 11.1. The van der Waals surface area contributed by atoms with Crippen LogP contribution < -0.4 is 22.6 Å². The molecule has 5 aromatic rings. The van der Waals surface area contributed by atoms with E-state index in [1.165, 1.54) is 0 Å². The minimum absolute atomic E-state index is 0.387. The highest BCUT2D eigenvalue weighted by Gasteiger charge is 2.46. The molecular weight excluding hydrogens is 639 g/mol. The molecule has 0 amide bonds. The zero-order valence-corrected chi connectivity index (χ0v) is 27.9. The number of hydrogen-bond donors (Lipinski definition) is 1. The van der Waals surface area contributed by atoms with E-state index in [0.717, 1.165) is 0 Å². The number of benzene rings is 5. The van der Waals surface area contributed by atoms with E-state index in [-0.39, 0.29) is 0 Å². The molecule has 0 fully saturated rings. The quantitative estimate of drug-likeness (QED) is 0.148. The van der Waals surface area contributed by atoms with Gasteiger partial charge >= 0.3 is 22.7 Å². The van der Waals surface area contributed by atoms with Crippen LogP contribution in [0.4, 0.5) is 0 Å². The highest BCUT2D eigenvalue weighted by molar-refractivity contribution is 7.69. The molecule has 0 spiro atoms. The lowest BCUT2D eigenvalue weighted by atomic mass is 10.3. The van der Waals surface area contributed by atoms with Crippen LogP contribution in [0.3, 0.4) is 0 Å². The Bertz CT molecular complexity index is 1810. The van der Waals surface area contributed by atoms with Gasteiger partial charge in [-0.25, -0.2) is 9.49 Å². The van der Waals surface area contributed by atoms with E-state index in [9.17, 15) is 4.89 Å². The monoisotopic (exact) mass is 673 g/mol. The van der Waals surface area contributed by atoms with E-state index < -0.39 is 34.2 Å². The average Bonchev–Trinajstić information content (AvgIpc) is 3.06. The summed E-state index contributed by atoms with van der Waals surface area (Å²) in [5.41, 5.74) is 0. The van der Waals surface area contributed by atoms with Crippen molar-refractivity contribution in [1.29, 1.82) is 0 Å². The standard InChI is InChI=1S/C34H34N3O6P3/c1-28-35-44(39-30-18-8-3-9-19-30,40-31-20-10-4-11-21-31)29(2)36-46(38,43-34-26-16-7-17-27-34)37-45(28,41-32-22-12-5-13-23-32)42-33-24-14-6-15-25-33/h3-29,38H,1-2H3. The summed E-state index contributed by atoms with van der Waals surface area (Å²) >= 11 is 0. The molecular formula is C34H34N3O6P3. The Labute approximate surface area is 269 Å². The molecule has 6 rings (SSSR count). The Morgan fingerprint density at radius 3 is 1.04 bits per heavy atom. The van der Waals surface area contributed by atoms with Crippen molar-refractivity contribution >= 4 is 22.7 Å². The van der Waals surface area contributed by atoms with E-state index in [1.54, 1.807) is 43.3 Å². The van der Waals surface area contributed by atoms with Crippen molar-refractivity contribution in [1.82, 2.24) is 0 Å². The summed E-state index contributed by atoms with van der Waals surface area (Å²) in [7, 11) is -11.2. The van der Waals surface area contributed by atoms with Gasteiger partial charge in [0.15, 0.2) is 11.6 Å². The second-order valence-electron chi connectivity index (χ2n) is 10.2. The van der Waals surface area contributed by atoms with Crippen LogP contribution in [0.25, 0.3) is 0 Å². The molecule has 1 aliphatic rings. The molecule has 0 saturated heterocycles. The maximum atomic E-state index is 12.5. The van der Waals surface area contributed by atoms with Crippen LogP contribution in [0.2, 0.25) is 0 Å². The van der Waals surface area contributed by atoms with E-state index in [0.29, 0.717) is 28.7 Å². The van der Waals surface area contributed by atoms with Crippen LogP contribution in [-0.2, 0) is 0 Å². The average molecular weight is 674 g/mol. The molecule has 0 aliphatic carbocycles. The SMILES string of the molecule is CC1N=P(O)(Oc2ccccc2)N=P(Oc2ccccc2)(Oc2ccccc2)C(C)N=P1(Oc1ccccc1)Oc1ccccc1. The molecule has 236 valence electrons. The van der Waals surface area contributed by atoms with Crippen LogP contribution >= 0.6 is 22.7 Å². The predicted molar refractivity (Wildman–Crippen MR) is 185 cm³/mol. The fourth-order valence-corrected chi connectivity index (χ4v) is 13.0. The van der Waals surface area contributed by atoms with Crippen LogP contribution in [0.15, 0.2) is 166 Å². The Balaban J connectivity index is 1.63. The summed E-state index contributed by atoms with van der Waals surface area (Å²) in [5, 5.41) is 0. The number of rotatable bonds is 10. The molecule has 1 heterocycles. The van der Waals surface area contributed by atoms with Gasteiger partial charge in [0.2, 0.25) is 0 Å². The van der Waals surface area contributed by atoms with Gasteiger partial charge in [0.25, 0.3) is 0 Å². The van der Waals surface area contributed by atoms with E-state index >= 15 is 0 Å². The van der Waals surface area contributed by atoms with Crippen molar-refractivity contribution in [3.63, 3.8) is 0 Å². The van der Waals surface area contributed by atoms with Crippen LogP contribution in [-0.4, -0.2) is 16.5 Å². The summed E-state index contributed by atoms with van der Waals surface area (Å²) in [4.78, 5) is 12.5. The van der Waals surface area contributed by atoms with Crippen molar-refractivity contribution in [3.05, 3.63) is 152 Å². The third-order valence-electron chi connectivity index (χ3n) is 6.72. The molecule has 3 atom stereocenters. The molecule has 0 bridgehead atoms. The number of hydrogen-bond acceptors (Lipinski definition) is 8. The molecule has 1 N–H and O–H groups in total. The number of nitrogens with zero attached hydrogens (tertiary/aromatic N) is 3. The first-order valence-corrected chi connectivity index (χ1v) is 19.5. The van der Waals surface area contributed by atoms with Crippen molar-refractivity contribution in [3.8, 4) is 28.7 Å². The Hall–Kier alpha value is -4.25. The molecule has 0 radical (unpaired) electrons. The van der Waals surface area contributed by atoms with Crippen LogP contribution in [0.1, 0.15) is 13.8 Å². The molecule has 1 aliphatic heterocycles. The van der Waals surface area contributed by atoms with Crippen LogP contribution in [0.5, 0.6) is 28.7 Å². The lowest BCUT2D eigenvalue weighted by Crippen LogP contribution is -2.20.